The van der Waals surface area contributed by atoms with E-state index in [0.29, 0.717) is 18.7 Å². The van der Waals surface area contributed by atoms with Crippen LogP contribution in [0.5, 0.6) is 0 Å². The highest BCUT2D eigenvalue weighted by atomic mass is 32.2. The average molecular weight is 420 g/mol. The van der Waals surface area contributed by atoms with Crippen molar-refractivity contribution in [1.82, 2.24) is 4.31 Å². The molecule has 1 aliphatic rings. The van der Waals surface area contributed by atoms with Gasteiger partial charge in [-0.25, -0.2) is 8.42 Å². The molecule has 0 spiro atoms. The van der Waals surface area contributed by atoms with Gasteiger partial charge in [-0.05, 0) is 31.1 Å². The first-order valence-corrected chi connectivity index (χ1v) is 11.8. The molecule has 0 saturated carbocycles. The number of esters is 1. The van der Waals surface area contributed by atoms with Gasteiger partial charge in [0.15, 0.2) is 0 Å². The number of sulfonamides is 1. The number of hydrogen-bond acceptors (Lipinski definition) is 4. The summed E-state index contributed by atoms with van der Waals surface area (Å²) in [4.78, 5) is 11.9. The third-order valence-electron chi connectivity index (χ3n) is 5.27. The van der Waals surface area contributed by atoms with E-state index in [9.17, 15) is 13.2 Å². The van der Waals surface area contributed by atoms with Crippen LogP contribution in [0.4, 0.5) is 0 Å². The summed E-state index contributed by atoms with van der Waals surface area (Å²) in [7, 11) is -3.61. The first-order valence-electron chi connectivity index (χ1n) is 10.4. The topological polar surface area (TPSA) is 63.7 Å². The Morgan fingerprint density at radius 1 is 1.21 bits per heavy atom. The Kier molecular flexibility index (Phi) is 8.65. The van der Waals surface area contributed by atoms with Crippen LogP contribution in [0, 0.1) is 12.8 Å². The molecule has 1 fully saturated rings. The van der Waals surface area contributed by atoms with Gasteiger partial charge in [-0.3, -0.25) is 4.79 Å². The maximum absolute atomic E-state index is 13.1. The van der Waals surface area contributed by atoms with Gasteiger partial charge in [0, 0.05) is 32.4 Å². The SMILES string of the molecule is C=CC1CN(S(=O)(=O)c2ccc(C)cc2)C/C1=C(/CCCCCCC)OC(C)=O. The summed E-state index contributed by atoms with van der Waals surface area (Å²) in [5.41, 5.74) is 1.86. The first kappa shape index (κ1) is 23.4. The van der Waals surface area contributed by atoms with Crippen LogP contribution >= 0.6 is 0 Å². The summed E-state index contributed by atoms with van der Waals surface area (Å²) in [6.45, 7) is 9.90. The monoisotopic (exact) mass is 419 g/mol. The van der Waals surface area contributed by atoms with Crippen molar-refractivity contribution in [2.45, 2.75) is 64.2 Å². The zero-order valence-electron chi connectivity index (χ0n) is 17.8. The van der Waals surface area contributed by atoms with Gasteiger partial charge in [-0.1, -0.05) is 56.4 Å². The second kappa shape index (κ2) is 10.7. The number of ether oxygens (including phenoxy) is 1. The normalized spacial score (nSPS) is 19.2. The maximum Gasteiger partial charge on any atom is 0.307 e. The quantitative estimate of drug-likeness (QED) is 0.232. The van der Waals surface area contributed by atoms with Gasteiger partial charge in [0.25, 0.3) is 0 Å². The summed E-state index contributed by atoms with van der Waals surface area (Å²) in [6, 6.07) is 6.86. The van der Waals surface area contributed by atoms with Crippen molar-refractivity contribution >= 4 is 16.0 Å². The number of carbonyl (C=O) groups is 1. The van der Waals surface area contributed by atoms with Gasteiger partial charge in [0.05, 0.1) is 4.90 Å². The third-order valence-corrected chi connectivity index (χ3v) is 7.10. The molecule has 0 amide bonds. The molecule has 1 saturated heterocycles. The van der Waals surface area contributed by atoms with Gasteiger partial charge in [-0.15, -0.1) is 6.58 Å². The fraction of sp³-hybridized carbons (Fsp3) is 0.522. The number of benzene rings is 1. The lowest BCUT2D eigenvalue weighted by molar-refractivity contribution is -0.137. The molecule has 0 N–H and O–H groups in total. The number of allylic oxidation sites excluding steroid dienone is 1. The van der Waals surface area contributed by atoms with Gasteiger partial charge in [0.2, 0.25) is 10.0 Å². The van der Waals surface area contributed by atoms with E-state index in [2.05, 4.69) is 13.5 Å². The van der Waals surface area contributed by atoms with Crippen LogP contribution in [0.3, 0.4) is 0 Å². The molecule has 2 rings (SSSR count). The van der Waals surface area contributed by atoms with Crippen LogP contribution in [0.25, 0.3) is 0 Å². The average Bonchev–Trinajstić information content (AvgIpc) is 3.12. The Morgan fingerprint density at radius 2 is 1.86 bits per heavy atom. The predicted octanol–water partition coefficient (Wildman–Crippen LogP) is 4.98. The van der Waals surface area contributed by atoms with Gasteiger partial charge < -0.3 is 4.74 Å². The van der Waals surface area contributed by atoms with Crippen molar-refractivity contribution in [2.24, 2.45) is 5.92 Å². The van der Waals surface area contributed by atoms with E-state index in [-0.39, 0.29) is 23.3 Å². The summed E-state index contributed by atoms with van der Waals surface area (Å²) in [6.07, 6.45) is 7.89. The Hall–Kier alpha value is -1.92. The van der Waals surface area contributed by atoms with E-state index in [1.165, 1.54) is 24.1 Å². The van der Waals surface area contributed by atoms with Crippen LogP contribution in [0.15, 0.2) is 53.1 Å². The van der Waals surface area contributed by atoms with Crippen LogP contribution in [-0.4, -0.2) is 31.8 Å². The molecule has 1 aromatic rings. The van der Waals surface area contributed by atoms with E-state index >= 15 is 0 Å². The minimum absolute atomic E-state index is 0.153. The van der Waals surface area contributed by atoms with Crippen molar-refractivity contribution in [3.63, 3.8) is 0 Å². The molecule has 0 radical (unpaired) electrons. The highest BCUT2D eigenvalue weighted by Gasteiger charge is 2.36. The zero-order chi connectivity index (χ0) is 21.4. The van der Waals surface area contributed by atoms with Gasteiger partial charge in [-0.2, -0.15) is 4.31 Å². The second-order valence-corrected chi connectivity index (χ2v) is 9.60. The minimum Gasteiger partial charge on any atom is -0.431 e. The Morgan fingerprint density at radius 3 is 2.45 bits per heavy atom. The lowest BCUT2D eigenvalue weighted by Crippen LogP contribution is -2.28. The molecular formula is C23H33NO4S. The molecule has 1 heterocycles. The molecule has 0 aromatic heterocycles. The van der Waals surface area contributed by atoms with E-state index in [0.717, 1.165) is 30.4 Å². The van der Waals surface area contributed by atoms with Gasteiger partial charge >= 0.3 is 5.97 Å². The first-order chi connectivity index (χ1) is 13.8. The van der Waals surface area contributed by atoms with Crippen LogP contribution < -0.4 is 0 Å². The molecule has 1 unspecified atom stereocenters. The van der Waals surface area contributed by atoms with Crippen molar-refractivity contribution < 1.29 is 17.9 Å². The lowest BCUT2D eigenvalue weighted by atomic mass is 9.99. The van der Waals surface area contributed by atoms with Crippen molar-refractivity contribution in [3.8, 4) is 0 Å². The lowest BCUT2D eigenvalue weighted by Gasteiger charge is -2.16. The standard InChI is InChI=1S/C23H33NO4S/c1-5-7-8-9-10-11-23(28-19(4)25)22-17-24(16-20(22)6-2)29(26,27)21-14-12-18(3)13-15-21/h6,12-15,20H,2,5,7-11,16-17H2,1,3-4H3/b23-22+. The smallest absolute Gasteiger partial charge is 0.307 e. The molecule has 160 valence electrons. The zero-order valence-corrected chi connectivity index (χ0v) is 18.6. The molecular weight excluding hydrogens is 386 g/mol. The number of carbonyl (C=O) groups excluding carboxylic acids is 1. The van der Waals surface area contributed by atoms with E-state index in [1.807, 2.05) is 6.92 Å². The minimum atomic E-state index is -3.61. The molecule has 29 heavy (non-hydrogen) atoms. The van der Waals surface area contributed by atoms with Crippen LogP contribution in [0.2, 0.25) is 0 Å². The fourth-order valence-corrected chi connectivity index (χ4v) is 5.04. The summed E-state index contributed by atoms with van der Waals surface area (Å²) < 4.78 is 33.2. The van der Waals surface area contributed by atoms with Crippen molar-refractivity contribution in [2.75, 3.05) is 13.1 Å². The molecule has 0 bridgehead atoms. The molecule has 6 heteroatoms. The van der Waals surface area contributed by atoms with Gasteiger partial charge in [0.1, 0.15) is 5.76 Å². The second-order valence-electron chi connectivity index (χ2n) is 7.66. The Labute approximate surface area is 175 Å². The van der Waals surface area contributed by atoms with E-state index < -0.39 is 10.0 Å². The molecule has 1 aromatic carbocycles. The predicted molar refractivity (Wildman–Crippen MR) is 116 cm³/mol. The molecule has 5 nitrogen and oxygen atoms in total. The largest absolute Gasteiger partial charge is 0.431 e. The van der Waals surface area contributed by atoms with Crippen LogP contribution in [-0.2, 0) is 19.6 Å². The molecule has 0 aliphatic carbocycles. The van der Waals surface area contributed by atoms with E-state index in [1.54, 1.807) is 30.3 Å². The highest BCUT2D eigenvalue weighted by molar-refractivity contribution is 7.89. The fourth-order valence-electron chi connectivity index (χ4n) is 3.60. The number of unbranched alkanes of at least 4 members (excludes halogenated alkanes) is 4. The number of rotatable bonds is 10. The molecule has 1 aliphatic heterocycles. The molecule has 1 atom stereocenters. The number of aryl methyl sites for hydroxylation is 1. The van der Waals surface area contributed by atoms with Crippen molar-refractivity contribution in [1.29, 1.82) is 0 Å². The summed E-state index contributed by atoms with van der Waals surface area (Å²) in [5, 5.41) is 0. The number of nitrogens with zero attached hydrogens (tertiary/aromatic N) is 1. The summed E-state index contributed by atoms with van der Waals surface area (Å²) >= 11 is 0. The number of hydrogen-bond donors (Lipinski definition) is 0. The Bertz CT molecular complexity index is 840. The summed E-state index contributed by atoms with van der Waals surface area (Å²) in [5.74, 6) is 0.0874. The van der Waals surface area contributed by atoms with E-state index in [4.69, 9.17) is 4.74 Å². The van der Waals surface area contributed by atoms with Crippen molar-refractivity contribution in [3.05, 3.63) is 53.8 Å². The van der Waals surface area contributed by atoms with Crippen LogP contribution in [0.1, 0.15) is 57.9 Å². The highest BCUT2D eigenvalue weighted by Crippen LogP contribution is 2.33. The third kappa shape index (κ3) is 6.28. The Balaban J connectivity index is 2.25. The maximum atomic E-state index is 13.1.